The number of nitrogens with zero attached hydrogens (tertiary/aromatic N) is 2. The van der Waals surface area contributed by atoms with Crippen LogP contribution in [0, 0.1) is 5.41 Å². The van der Waals surface area contributed by atoms with E-state index in [0.717, 1.165) is 52.0 Å². The molecule has 20 heavy (non-hydrogen) atoms. The van der Waals surface area contributed by atoms with E-state index in [1.807, 2.05) is 13.8 Å². The molecular weight excluding hydrogens is 256 g/mol. The quantitative estimate of drug-likeness (QED) is 0.203. The Morgan fingerprint density at radius 1 is 1.50 bits per heavy atom. The topological polar surface area (TPSA) is 83.1 Å². The van der Waals surface area contributed by atoms with Crippen LogP contribution in [0.3, 0.4) is 0 Å². The molecule has 0 aliphatic carbocycles. The number of morpholine rings is 1. The largest absolute Gasteiger partial charge is 0.409 e. The summed E-state index contributed by atoms with van der Waals surface area (Å²) in [6.07, 6.45) is 3.38. The highest BCUT2D eigenvalue weighted by atomic mass is 16.5. The fourth-order valence-corrected chi connectivity index (χ4v) is 2.33. The minimum atomic E-state index is -0.232. The summed E-state index contributed by atoms with van der Waals surface area (Å²) in [6, 6.07) is 0. The number of unbranched alkanes of at least 4 members (excludes halogenated alkanes) is 1. The molecule has 1 fully saturated rings. The lowest BCUT2D eigenvalue weighted by molar-refractivity contribution is -0.0180. The number of oxime groups is 1. The second kappa shape index (κ2) is 8.44. The molecule has 0 aromatic rings. The minimum Gasteiger partial charge on any atom is -0.409 e. The molecule has 1 saturated heterocycles. The van der Waals surface area contributed by atoms with E-state index in [-0.39, 0.29) is 5.41 Å². The summed E-state index contributed by atoms with van der Waals surface area (Å²) < 4.78 is 5.69. The smallest absolute Gasteiger partial charge is 0.144 e. The van der Waals surface area contributed by atoms with Crippen LogP contribution in [0.1, 0.15) is 33.1 Å². The van der Waals surface area contributed by atoms with Crippen LogP contribution in [0.5, 0.6) is 0 Å². The van der Waals surface area contributed by atoms with Gasteiger partial charge < -0.3 is 25.9 Å². The van der Waals surface area contributed by atoms with E-state index in [4.69, 9.17) is 15.7 Å². The monoisotopic (exact) mass is 286 g/mol. The first-order valence-electron chi connectivity index (χ1n) is 7.44. The molecule has 0 amide bonds. The van der Waals surface area contributed by atoms with Crippen LogP contribution in [0.15, 0.2) is 5.16 Å². The molecule has 0 spiro atoms. The molecule has 0 radical (unpaired) electrons. The van der Waals surface area contributed by atoms with Crippen LogP contribution in [-0.2, 0) is 4.74 Å². The summed E-state index contributed by atoms with van der Waals surface area (Å²) in [4.78, 5) is 2.30. The van der Waals surface area contributed by atoms with E-state index in [1.54, 1.807) is 0 Å². The number of nitrogens with one attached hydrogen (secondary N) is 1. The molecule has 0 aromatic heterocycles. The van der Waals surface area contributed by atoms with Gasteiger partial charge in [0.15, 0.2) is 0 Å². The Morgan fingerprint density at radius 2 is 2.25 bits per heavy atom. The van der Waals surface area contributed by atoms with Crippen molar-refractivity contribution in [2.24, 2.45) is 16.3 Å². The van der Waals surface area contributed by atoms with E-state index in [1.165, 1.54) is 0 Å². The summed E-state index contributed by atoms with van der Waals surface area (Å²) in [6.45, 7) is 8.76. The minimum absolute atomic E-state index is 0.232. The molecule has 118 valence electrons. The fourth-order valence-electron chi connectivity index (χ4n) is 2.33. The van der Waals surface area contributed by atoms with Gasteiger partial charge in [-0.25, -0.2) is 0 Å². The van der Waals surface area contributed by atoms with Crippen molar-refractivity contribution in [3.8, 4) is 0 Å². The average molecular weight is 286 g/mol. The number of hydrogen-bond donors (Lipinski definition) is 3. The molecule has 1 unspecified atom stereocenters. The van der Waals surface area contributed by atoms with Crippen molar-refractivity contribution in [3.05, 3.63) is 0 Å². The summed E-state index contributed by atoms with van der Waals surface area (Å²) in [5.74, 6) is 0.309. The van der Waals surface area contributed by atoms with Crippen molar-refractivity contribution in [1.29, 1.82) is 0 Å². The van der Waals surface area contributed by atoms with Gasteiger partial charge in [0.1, 0.15) is 5.84 Å². The zero-order valence-electron chi connectivity index (χ0n) is 13.1. The third-order valence-electron chi connectivity index (χ3n) is 3.92. The molecule has 1 atom stereocenters. The molecule has 6 heteroatoms. The first kappa shape index (κ1) is 17.2. The fraction of sp³-hybridized carbons (Fsp3) is 0.929. The van der Waals surface area contributed by atoms with Crippen LogP contribution >= 0.6 is 0 Å². The number of ether oxygens (including phenoxy) is 1. The van der Waals surface area contributed by atoms with E-state index in [0.29, 0.717) is 11.9 Å². The Bertz CT molecular complexity index is 308. The first-order chi connectivity index (χ1) is 9.45. The van der Waals surface area contributed by atoms with Gasteiger partial charge in [-0.05, 0) is 26.4 Å². The van der Waals surface area contributed by atoms with Gasteiger partial charge in [0, 0.05) is 25.0 Å². The van der Waals surface area contributed by atoms with E-state index >= 15 is 0 Å². The number of rotatable bonds is 8. The van der Waals surface area contributed by atoms with E-state index in [2.05, 4.69) is 22.4 Å². The Labute approximate surface area is 122 Å². The molecular formula is C14H30N4O2. The number of nitrogens with two attached hydrogens (primary N) is 1. The average Bonchev–Trinajstić information content (AvgIpc) is 2.41. The van der Waals surface area contributed by atoms with E-state index in [9.17, 15) is 0 Å². The zero-order valence-corrected chi connectivity index (χ0v) is 13.1. The third-order valence-corrected chi connectivity index (χ3v) is 3.92. The summed E-state index contributed by atoms with van der Waals surface area (Å²) in [7, 11) is 2.13. The Hall–Kier alpha value is -0.850. The third kappa shape index (κ3) is 6.07. The van der Waals surface area contributed by atoms with Crippen molar-refractivity contribution >= 4 is 5.84 Å². The van der Waals surface area contributed by atoms with Crippen LogP contribution in [0.2, 0.25) is 0 Å². The van der Waals surface area contributed by atoms with Crippen LogP contribution in [0.25, 0.3) is 0 Å². The lowest BCUT2D eigenvalue weighted by Crippen LogP contribution is -2.45. The highest BCUT2D eigenvalue weighted by molar-refractivity contribution is 5.85. The predicted octanol–water partition coefficient (Wildman–Crippen LogP) is 0.850. The molecule has 0 bridgehead atoms. The Balaban J connectivity index is 2.05. The van der Waals surface area contributed by atoms with Crippen molar-refractivity contribution < 1.29 is 9.94 Å². The second-order valence-corrected chi connectivity index (χ2v) is 6.29. The number of likely N-dealkylation sites (N-methyl/N-ethyl adjacent to an activating group) is 1. The van der Waals surface area contributed by atoms with E-state index < -0.39 is 0 Å². The first-order valence-corrected chi connectivity index (χ1v) is 7.44. The molecule has 6 nitrogen and oxygen atoms in total. The number of amidine groups is 1. The standard InChI is InChI=1S/C14H30N4O2/c1-14(2,13(15)17-19)6-4-5-7-16-10-12-11-18(3)8-9-20-12/h12,16,19H,4-11H2,1-3H3,(H2,15,17). The van der Waals surface area contributed by atoms with Gasteiger partial charge in [-0.3, -0.25) is 0 Å². The molecule has 4 N–H and O–H groups in total. The van der Waals surface area contributed by atoms with Crippen molar-refractivity contribution in [2.75, 3.05) is 39.8 Å². The Morgan fingerprint density at radius 3 is 2.90 bits per heavy atom. The van der Waals surface area contributed by atoms with Gasteiger partial charge in [0.05, 0.1) is 12.7 Å². The van der Waals surface area contributed by atoms with Crippen LogP contribution in [0.4, 0.5) is 0 Å². The summed E-state index contributed by atoms with van der Waals surface area (Å²) >= 11 is 0. The Kier molecular flexibility index (Phi) is 7.26. The lowest BCUT2D eigenvalue weighted by Gasteiger charge is -2.30. The predicted molar refractivity (Wildman–Crippen MR) is 81.1 cm³/mol. The molecule has 1 aliphatic rings. The zero-order chi connectivity index (χ0) is 15.0. The van der Waals surface area contributed by atoms with Crippen molar-refractivity contribution in [3.63, 3.8) is 0 Å². The lowest BCUT2D eigenvalue weighted by atomic mass is 9.86. The van der Waals surface area contributed by atoms with Gasteiger partial charge >= 0.3 is 0 Å². The molecule has 1 heterocycles. The summed E-state index contributed by atoms with van der Waals surface area (Å²) in [5, 5.41) is 15.3. The highest BCUT2D eigenvalue weighted by Crippen LogP contribution is 2.23. The maximum atomic E-state index is 8.71. The van der Waals surface area contributed by atoms with Crippen LogP contribution < -0.4 is 11.1 Å². The molecule has 1 aliphatic heterocycles. The van der Waals surface area contributed by atoms with Gasteiger partial charge in [-0.15, -0.1) is 0 Å². The SMILES string of the molecule is CN1CCOC(CNCCCCC(C)(C)C(N)=NO)C1. The second-order valence-electron chi connectivity index (χ2n) is 6.29. The van der Waals surface area contributed by atoms with Crippen LogP contribution in [-0.4, -0.2) is 61.9 Å². The van der Waals surface area contributed by atoms with Gasteiger partial charge in [-0.2, -0.15) is 0 Å². The molecule has 0 saturated carbocycles. The van der Waals surface area contributed by atoms with Gasteiger partial charge in [0.25, 0.3) is 0 Å². The van der Waals surface area contributed by atoms with Gasteiger partial charge in [-0.1, -0.05) is 25.4 Å². The maximum Gasteiger partial charge on any atom is 0.144 e. The molecule has 0 aromatic carbocycles. The highest BCUT2D eigenvalue weighted by Gasteiger charge is 2.22. The normalized spacial score (nSPS) is 22.1. The number of hydrogen-bond acceptors (Lipinski definition) is 5. The summed E-state index contributed by atoms with van der Waals surface area (Å²) in [5.41, 5.74) is 5.43. The molecule has 1 rings (SSSR count). The van der Waals surface area contributed by atoms with Gasteiger partial charge in [0.2, 0.25) is 0 Å². The maximum absolute atomic E-state index is 8.71. The van der Waals surface area contributed by atoms with Crippen molar-refractivity contribution in [2.45, 2.75) is 39.2 Å². The van der Waals surface area contributed by atoms with Crippen molar-refractivity contribution in [1.82, 2.24) is 10.2 Å².